The fourth-order valence-electron chi connectivity index (χ4n) is 3.40. The number of amides is 2. The summed E-state index contributed by atoms with van der Waals surface area (Å²) in [6.07, 6.45) is 2.87. The SMILES string of the molecule is O=C(NCCc1ccco1)c1cc2n(n1)CCCN(Cc1cccc(F)c1)C2=O. The minimum atomic E-state index is -0.332. The molecule has 3 heterocycles. The van der Waals surface area contributed by atoms with Crippen molar-refractivity contribution in [1.29, 1.82) is 0 Å². The third-order valence-electron chi connectivity index (χ3n) is 4.82. The van der Waals surface area contributed by atoms with Gasteiger partial charge in [-0.05, 0) is 36.2 Å². The normalized spacial score (nSPS) is 13.8. The third kappa shape index (κ3) is 4.37. The van der Waals surface area contributed by atoms with E-state index in [9.17, 15) is 14.0 Å². The predicted molar refractivity (Wildman–Crippen MR) is 103 cm³/mol. The molecular formula is C21H21FN4O3. The van der Waals surface area contributed by atoms with E-state index in [4.69, 9.17) is 4.42 Å². The van der Waals surface area contributed by atoms with E-state index in [0.29, 0.717) is 44.7 Å². The summed E-state index contributed by atoms with van der Waals surface area (Å²) in [6.45, 7) is 1.81. The molecule has 3 aromatic rings. The maximum Gasteiger partial charge on any atom is 0.272 e. The summed E-state index contributed by atoms with van der Waals surface area (Å²) in [6, 6.07) is 11.4. The number of fused-ring (bicyclic) bond motifs is 1. The molecule has 0 unspecified atom stereocenters. The molecule has 0 saturated carbocycles. The summed E-state index contributed by atoms with van der Waals surface area (Å²) in [7, 11) is 0. The molecule has 29 heavy (non-hydrogen) atoms. The highest BCUT2D eigenvalue weighted by Crippen LogP contribution is 2.17. The average Bonchev–Trinajstić information content (AvgIpc) is 3.34. The molecule has 1 aliphatic rings. The van der Waals surface area contributed by atoms with Crippen LogP contribution in [0.4, 0.5) is 4.39 Å². The quantitative estimate of drug-likeness (QED) is 0.695. The van der Waals surface area contributed by atoms with E-state index in [2.05, 4.69) is 10.4 Å². The van der Waals surface area contributed by atoms with E-state index >= 15 is 0 Å². The Morgan fingerprint density at radius 2 is 2.10 bits per heavy atom. The molecule has 8 heteroatoms. The Bertz CT molecular complexity index is 1010. The van der Waals surface area contributed by atoms with Crippen molar-refractivity contribution in [2.45, 2.75) is 25.9 Å². The summed E-state index contributed by atoms with van der Waals surface area (Å²) >= 11 is 0. The fraction of sp³-hybridized carbons (Fsp3) is 0.286. The van der Waals surface area contributed by atoms with Gasteiger partial charge in [-0.3, -0.25) is 14.3 Å². The summed E-state index contributed by atoms with van der Waals surface area (Å²) in [5, 5.41) is 7.10. The van der Waals surface area contributed by atoms with Crippen LogP contribution in [0.3, 0.4) is 0 Å². The Kier molecular flexibility index (Phi) is 5.41. The number of carbonyl (C=O) groups is 2. The van der Waals surface area contributed by atoms with E-state index in [1.54, 1.807) is 34.0 Å². The lowest BCUT2D eigenvalue weighted by Crippen LogP contribution is -2.30. The van der Waals surface area contributed by atoms with Crippen LogP contribution in [-0.2, 0) is 19.5 Å². The van der Waals surface area contributed by atoms with Crippen molar-refractivity contribution in [3.8, 4) is 0 Å². The van der Waals surface area contributed by atoms with Crippen LogP contribution in [-0.4, -0.2) is 39.6 Å². The van der Waals surface area contributed by atoms with E-state index in [1.165, 1.54) is 18.2 Å². The van der Waals surface area contributed by atoms with E-state index < -0.39 is 0 Å². The average molecular weight is 396 g/mol. The number of hydrogen-bond acceptors (Lipinski definition) is 4. The molecule has 0 fully saturated rings. The van der Waals surface area contributed by atoms with Gasteiger partial charge in [-0.2, -0.15) is 5.10 Å². The molecule has 0 saturated heterocycles. The van der Waals surface area contributed by atoms with Crippen molar-refractivity contribution in [1.82, 2.24) is 20.0 Å². The lowest BCUT2D eigenvalue weighted by atomic mass is 10.2. The highest BCUT2D eigenvalue weighted by atomic mass is 19.1. The number of aromatic nitrogens is 2. The van der Waals surface area contributed by atoms with Crippen molar-refractivity contribution in [3.63, 3.8) is 0 Å². The van der Waals surface area contributed by atoms with Gasteiger partial charge in [0.15, 0.2) is 5.69 Å². The first-order valence-electron chi connectivity index (χ1n) is 9.52. The fourth-order valence-corrected chi connectivity index (χ4v) is 3.40. The molecule has 1 N–H and O–H groups in total. The van der Waals surface area contributed by atoms with E-state index in [0.717, 1.165) is 11.3 Å². The molecule has 0 spiro atoms. The number of furan rings is 1. The molecule has 0 aliphatic carbocycles. The summed E-state index contributed by atoms with van der Waals surface area (Å²) in [5.41, 5.74) is 1.30. The number of rotatable bonds is 6. The molecule has 7 nitrogen and oxygen atoms in total. The van der Waals surface area contributed by atoms with E-state index in [-0.39, 0.29) is 23.3 Å². The maximum atomic E-state index is 13.5. The number of halogens is 1. The largest absolute Gasteiger partial charge is 0.469 e. The molecule has 1 aliphatic heterocycles. The number of aryl methyl sites for hydroxylation is 1. The topological polar surface area (TPSA) is 80.4 Å². The first kappa shape index (κ1) is 18.9. The van der Waals surface area contributed by atoms with Crippen LogP contribution in [0.5, 0.6) is 0 Å². The Balaban J connectivity index is 1.43. The number of hydrogen-bond donors (Lipinski definition) is 1. The standard InChI is InChI=1S/C21H21FN4O3/c22-16-5-1-4-15(12-16)14-25-9-3-10-26-19(21(25)28)13-18(24-26)20(27)23-8-7-17-6-2-11-29-17/h1-2,4-6,11-13H,3,7-10,14H2,(H,23,27). The van der Waals surface area contributed by atoms with Crippen LogP contribution in [0, 0.1) is 5.82 Å². The lowest BCUT2D eigenvalue weighted by Gasteiger charge is -2.20. The van der Waals surface area contributed by atoms with Gasteiger partial charge < -0.3 is 14.6 Å². The van der Waals surface area contributed by atoms with Gasteiger partial charge in [-0.25, -0.2) is 4.39 Å². The summed E-state index contributed by atoms with van der Waals surface area (Å²) < 4.78 is 20.3. The molecule has 4 rings (SSSR count). The molecule has 2 amide bonds. The second-order valence-corrected chi connectivity index (χ2v) is 6.93. The monoisotopic (exact) mass is 396 g/mol. The molecule has 1 aromatic carbocycles. The van der Waals surface area contributed by atoms with Crippen LogP contribution >= 0.6 is 0 Å². The Labute approximate surface area is 167 Å². The van der Waals surface area contributed by atoms with Crippen LogP contribution < -0.4 is 5.32 Å². The van der Waals surface area contributed by atoms with Crippen LogP contribution in [0.15, 0.2) is 53.1 Å². The zero-order chi connectivity index (χ0) is 20.2. The highest BCUT2D eigenvalue weighted by molar-refractivity contribution is 5.98. The summed E-state index contributed by atoms with van der Waals surface area (Å²) in [5.74, 6) is -0.0899. The minimum absolute atomic E-state index is 0.209. The van der Waals surface area contributed by atoms with Crippen molar-refractivity contribution in [2.75, 3.05) is 13.1 Å². The number of nitrogens with one attached hydrogen (secondary N) is 1. The van der Waals surface area contributed by atoms with Gasteiger partial charge in [0, 0.05) is 38.7 Å². The van der Waals surface area contributed by atoms with Gasteiger partial charge in [-0.15, -0.1) is 0 Å². The van der Waals surface area contributed by atoms with Gasteiger partial charge in [0.05, 0.1) is 6.26 Å². The van der Waals surface area contributed by atoms with Gasteiger partial charge in [0.25, 0.3) is 11.8 Å². The van der Waals surface area contributed by atoms with Gasteiger partial charge in [-0.1, -0.05) is 12.1 Å². The first-order chi connectivity index (χ1) is 14.1. The van der Waals surface area contributed by atoms with Crippen molar-refractivity contribution in [2.24, 2.45) is 0 Å². The Morgan fingerprint density at radius 1 is 1.21 bits per heavy atom. The maximum absolute atomic E-state index is 13.5. The molecule has 0 atom stereocenters. The van der Waals surface area contributed by atoms with Crippen molar-refractivity contribution >= 4 is 11.8 Å². The van der Waals surface area contributed by atoms with Gasteiger partial charge in [0.2, 0.25) is 0 Å². The minimum Gasteiger partial charge on any atom is -0.469 e. The third-order valence-corrected chi connectivity index (χ3v) is 4.82. The zero-order valence-corrected chi connectivity index (χ0v) is 15.8. The van der Waals surface area contributed by atoms with Gasteiger partial charge >= 0.3 is 0 Å². The van der Waals surface area contributed by atoms with Crippen molar-refractivity contribution < 1.29 is 18.4 Å². The van der Waals surface area contributed by atoms with Crippen molar-refractivity contribution in [3.05, 3.63) is 77.3 Å². The summed E-state index contributed by atoms with van der Waals surface area (Å²) in [4.78, 5) is 27.0. The molecule has 0 bridgehead atoms. The smallest absolute Gasteiger partial charge is 0.272 e. The predicted octanol–water partition coefficient (Wildman–Crippen LogP) is 2.63. The Morgan fingerprint density at radius 3 is 2.90 bits per heavy atom. The number of carbonyl (C=O) groups excluding carboxylic acids is 2. The number of benzene rings is 1. The second kappa shape index (κ2) is 8.30. The number of nitrogens with zero attached hydrogens (tertiary/aromatic N) is 3. The molecule has 150 valence electrons. The second-order valence-electron chi connectivity index (χ2n) is 6.93. The Hall–Kier alpha value is -3.42. The van der Waals surface area contributed by atoms with Crippen LogP contribution in [0.25, 0.3) is 0 Å². The molecule has 0 radical (unpaired) electrons. The van der Waals surface area contributed by atoms with E-state index in [1.807, 2.05) is 6.07 Å². The zero-order valence-electron chi connectivity index (χ0n) is 15.8. The first-order valence-corrected chi connectivity index (χ1v) is 9.52. The molecular weight excluding hydrogens is 375 g/mol. The van der Waals surface area contributed by atoms with Crippen LogP contribution in [0.2, 0.25) is 0 Å². The van der Waals surface area contributed by atoms with Crippen LogP contribution in [0.1, 0.15) is 38.7 Å². The van der Waals surface area contributed by atoms with Gasteiger partial charge in [0.1, 0.15) is 17.3 Å². The lowest BCUT2D eigenvalue weighted by molar-refractivity contribution is 0.0745. The molecule has 2 aromatic heterocycles. The highest BCUT2D eigenvalue weighted by Gasteiger charge is 2.26.